The van der Waals surface area contributed by atoms with E-state index in [0.717, 1.165) is 0 Å². The van der Waals surface area contributed by atoms with Crippen molar-refractivity contribution in [2.24, 2.45) is 0 Å². The quantitative estimate of drug-likeness (QED) is 0.161. The first-order chi connectivity index (χ1) is 32.1. The molecular weight excluding hydrogens is 787 g/mol. The molecule has 0 radical (unpaired) electrons. The molecule has 15 rings (SSSR count). The fourth-order valence-corrected chi connectivity index (χ4v) is 14.4. The molecule has 4 aliphatic heterocycles. The van der Waals surface area contributed by atoms with E-state index < -0.39 is 0 Å². The number of rotatable bonds is 2. The average molecular weight is 835 g/mol. The van der Waals surface area contributed by atoms with Gasteiger partial charge in [0.2, 0.25) is 6.71 Å². The third-order valence-corrected chi connectivity index (χ3v) is 16.8. The van der Waals surface area contributed by atoms with E-state index in [0.29, 0.717) is 11.8 Å². The van der Waals surface area contributed by atoms with E-state index in [1.807, 2.05) is 0 Å². The van der Waals surface area contributed by atoms with Gasteiger partial charge in [-0.15, -0.1) is 0 Å². The molecule has 0 amide bonds. The summed E-state index contributed by atoms with van der Waals surface area (Å²) in [5.74, 6) is 1.67. The SMILES string of the molecule is CN1c2ccccc2C2B3c4c(cccc4N(c4ccc5c(c4)C4C=CC=CC4c4ccccc4-5)C4C3c3ccccc3N4C)N(c3ccc4c(c3)C3C=CC=CC3c3ccccc3-4)C21. The second-order valence-electron chi connectivity index (χ2n) is 19.6. The van der Waals surface area contributed by atoms with Gasteiger partial charge in [0.05, 0.1) is 0 Å². The average Bonchev–Trinajstić information content (AvgIpc) is 3.83. The Labute approximate surface area is 381 Å². The zero-order valence-corrected chi connectivity index (χ0v) is 36.5. The fourth-order valence-electron chi connectivity index (χ4n) is 14.4. The molecule has 0 bridgehead atoms. The van der Waals surface area contributed by atoms with Crippen LogP contribution in [0.15, 0.2) is 200 Å². The van der Waals surface area contributed by atoms with Crippen molar-refractivity contribution in [2.45, 2.75) is 47.6 Å². The predicted molar refractivity (Wildman–Crippen MR) is 270 cm³/mol. The summed E-state index contributed by atoms with van der Waals surface area (Å²) in [7, 11) is 4.69. The van der Waals surface area contributed by atoms with E-state index in [9.17, 15) is 0 Å². The van der Waals surface area contributed by atoms with E-state index >= 15 is 0 Å². The van der Waals surface area contributed by atoms with Gasteiger partial charge in [-0.05, 0) is 110 Å². The van der Waals surface area contributed by atoms with Gasteiger partial charge in [-0.25, -0.2) is 0 Å². The highest BCUT2D eigenvalue weighted by molar-refractivity contribution is 6.80. The number of fused-ring (bicyclic) bond motifs is 20. The lowest BCUT2D eigenvalue weighted by Gasteiger charge is -2.54. The Morgan fingerprint density at radius 2 is 0.723 bits per heavy atom. The molecular formula is C60H47BN4. The van der Waals surface area contributed by atoms with Crippen molar-refractivity contribution in [3.63, 3.8) is 0 Å². The third-order valence-electron chi connectivity index (χ3n) is 16.8. The van der Waals surface area contributed by atoms with Crippen LogP contribution in [-0.2, 0) is 0 Å². The van der Waals surface area contributed by atoms with Crippen LogP contribution in [0.25, 0.3) is 22.3 Å². The maximum atomic E-state index is 2.74. The third kappa shape index (κ3) is 4.68. The summed E-state index contributed by atoms with van der Waals surface area (Å²) in [6.45, 7) is 0.237. The predicted octanol–water partition coefficient (Wildman–Crippen LogP) is 12.8. The molecule has 4 aliphatic carbocycles. The molecule has 0 saturated heterocycles. The number of para-hydroxylation sites is 2. The molecule has 8 unspecified atom stereocenters. The lowest BCUT2D eigenvalue weighted by Crippen LogP contribution is -2.66. The van der Waals surface area contributed by atoms with E-state index in [2.05, 4.69) is 234 Å². The van der Waals surface area contributed by atoms with Crippen molar-refractivity contribution in [2.75, 3.05) is 33.7 Å². The molecule has 0 N–H and O–H groups in total. The van der Waals surface area contributed by atoms with E-state index in [4.69, 9.17) is 0 Å². The van der Waals surface area contributed by atoms with Crippen molar-refractivity contribution in [1.29, 1.82) is 0 Å². The lowest BCUT2D eigenvalue weighted by atomic mass is 9.25. The first kappa shape index (κ1) is 36.1. The van der Waals surface area contributed by atoms with E-state index in [1.54, 1.807) is 0 Å². The molecule has 0 saturated carbocycles. The Morgan fingerprint density at radius 3 is 1.18 bits per heavy atom. The van der Waals surface area contributed by atoms with Gasteiger partial charge >= 0.3 is 0 Å². The Kier molecular flexibility index (Phi) is 7.32. The van der Waals surface area contributed by atoms with Crippen LogP contribution in [0.2, 0.25) is 0 Å². The van der Waals surface area contributed by atoms with Crippen LogP contribution in [0, 0.1) is 0 Å². The van der Waals surface area contributed by atoms with Gasteiger partial charge in [-0.1, -0.05) is 152 Å². The zero-order chi connectivity index (χ0) is 42.7. The number of anilines is 6. The number of hydrogen-bond donors (Lipinski definition) is 0. The summed E-state index contributed by atoms with van der Waals surface area (Å²) in [6.07, 6.45) is 18.9. The summed E-state index contributed by atoms with van der Waals surface area (Å²) in [6, 6.07) is 58.8. The van der Waals surface area contributed by atoms with E-state index in [-0.39, 0.29) is 42.5 Å². The monoisotopic (exact) mass is 834 g/mol. The van der Waals surface area contributed by atoms with Gasteiger partial charge in [-0.2, -0.15) is 0 Å². The standard InChI is InChI=1S/C60H47BN4/c1-62-52-26-13-11-24-48(52)56-59(62)64(36-30-32-46-42-20-5-3-16-38(42)40-18-7-9-22-44(40)50(46)34-36)54-28-15-29-55-58(54)61(56)57-49-25-12-14-27-53(49)63(2)60(57)65(55)37-31-33-47-43-21-6-4-17-39(43)41-19-8-10-23-45(41)51(47)35-37/h3-35,40-41,44-45,56-57,59-60H,1-2H3. The number of nitrogens with zero attached hydrogens (tertiary/aromatic N) is 4. The van der Waals surface area contributed by atoms with Crippen LogP contribution in [0.3, 0.4) is 0 Å². The Balaban J connectivity index is 0.981. The molecule has 4 nitrogen and oxygen atoms in total. The topological polar surface area (TPSA) is 13.0 Å². The molecule has 8 aliphatic rings. The maximum absolute atomic E-state index is 2.74. The summed E-state index contributed by atoms with van der Waals surface area (Å²) >= 11 is 0. The highest BCUT2D eigenvalue weighted by Crippen LogP contribution is 2.60. The van der Waals surface area contributed by atoms with Crippen molar-refractivity contribution < 1.29 is 0 Å². The summed E-state index contributed by atoms with van der Waals surface area (Å²) in [5, 5.41) is 0. The van der Waals surface area contributed by atoms with Crippen LogP contribution in [0.4, 0.5) is 34.1 Å². The fraction of sp³-hybridized carbons (Fsp3) is 0.167. The molecule has 65 heavy (non-hydrogen) atoms. The molecule has 7 aromatic carbocycles. The molecule has 0 fully saturated rings. The molecule has 0 aromatic heterocycles. The van der Waals surface area contributed by atoms with Crippen LogP contribution in [-0.4, -0.2) is 33.1 Å². The van der Waals surface area contributed by atoms with Crippen LogP contribution in [0.1, 0.15) is 68.7 Å². The number of likely N-dealkylation sites (N-methyl/N-ethyl adjacent to an activating group) is 2. The maximum Gasteiger partial charge on any atom is 0.206 e. The van der Waals surface area contributed by atoms with Crippen LogP contribution >= 0.6 is 0 Å². The minimum absolute atomic E-state index is 0.0869. The summed E-state index contributed by atoms with van der Waals surface area (Å²) in [4.78, 5) is 10.7. The van der Waals surface area contributed by atoms with Crippen LogP contribution < -0.4 is 25.1 Å². The second-order valence-corrected chi connectivity index (χ2v) is 19.6. The van der Waals surface area contributed by atoms with Gasteiger partial charge in [0.25, 0.3) is 0 Å². The van der Waals surface area contributed by atoms with Gasteiger partial charge < -0.3 is 19.6 Å². The van der Waals surface area contributed by atoms with Crippen molar-refractivity contribution >= 4 is 46.3 Å². The molecule has 4 heterocycles. The van der Waals surface area contributed by atoms with Gasteiger partial charge in [0.15, 0.2) is 0 Å². The van der Waals surface area contributed by atoms with Gasteiger partial charge in [-0.3, -0.25) is 0 Å². The molecule has 7 aromatic rings. The molecule has 8 atom stereocenters. The minimum Gasteiger partial charge on any atom is -0.354 e. The smallest absolute Gasteiger partial charge is 0.206 e. The minimum atomic E-state index is 0.0869. The summed E-state index contributed by atoms with van der Waals surface area (Å²) in [5.41, 5.74) is 23.4. The molecule has 5 heteroatoms. The number of hydrogen-bond acceptors (Lipinski definition) is 4. The first-order valence-corrected chi connectivity index (χ1v) is 23.7. The largest absolute Gasteiger partial charge is 0.354 e. The normalized spacial score (nSPS) is 25.9. The highest BCUT2D eigenvalue weighted by Gasteiger charge is 2.61. The zero-order valence-electron chi connectivity index (χ0n) is 36.5. The highest BCUT2D eigenvalue weighted by atomic mass is 15.4. The summed E-state index contributed by atoms with van der Waals surface area (Å²) < 4.78 is 0. The number of allylic oxidation sites excluding steroid dienone is 8. The van der Waals surface area contributed by atoms with Crippen molar-refractivity contribution in [3.05, 3.63) is 234 Å². The number of benzene rings is 7. The Morgan fingerprint density at radius 1 is 0.354 bits per heavy atom. The van der Waals surface area contributed by atoms with Gasteiger partial charge in [0, 0.05) is 83.5 Å². The van der Waals surface area contributed by atoms with Crippen molar-refractivity contribution in [3.8, 4) is 22.3 Å². The Bertz CT molecular complexity index is 3110. The Hall–Kier alpha value is -7.24. The van der Waals surface area contributed by atoms with Crippen LogP contribution in [0.5, 0.6) is 0 Å². The first-order valence-electron chi connectivity index (χ1n) is 23.7. The van der Waals surface area contributed by atoms with Gasteiger partial charge in [0.1, 0.15) is 12.3 Å². The lowest BCUT2D eigenvalue weighted by molar-refractivity contribution is 0.594. The molecule has 0 spiro atoms. The van der Waals surface area contributed by atoms with E-state index in [1.165, 1.54) is 95.2 Å². The van der Waals surface area contributed by atoms with Crippen molar-refractivity contribution in [1.82, 2.24) is 0 Å². The second kappa shape index (κ2) is 13.2. The molecule has 310 valence electrons.